The van der Waals surface area contributed by atoms with E-state index in [-0.39, 0.29) is 22.4 Å². The van der Waals surface area contributed by atoms with Gasteiger partial charge in [-0.1, -0.05) is 47.5 Å². The van der Waals surface area contributed by atoms with Crippen LogP contribution in [0.4, 0.5) is 0 Å². The molecule has 0 unspecified atom stereocenters. The molecule has 0 aromatic rings. The van der Waals surface area contributed by atoms with Crippen molar-refractivity contribution in [2.24, 2.45) is 0 Å². The van der Waals surface area contributed by atoms with Crippen LogP contribution in [0.2, 0.25) is 36.3 Å². The zero-order chi connectivity index (χ0) is 23.5. The van der Waals surface area contributed by atoms with Gasteiger partial charge in [-0.05, 0) is 43.2 Å². The number of carbonyl (C=O) groups excluding carboxylic acids is 1. The maximum absolute atomic E-state index is 12.7. The molecule has 5 nitrogen and oxygen atoms in total. The summed E-state index contributed by atoms with van der Waals surface area (Å²) in [5.74, 6) is 2.68. The number of terminal acetylenes is 1. The molecule has 0 saturated heterocycles. The van der Waals surface area contributed by atoms with Gasteiger partial charge in [-0.15, -0.1) is 6.42 Å². The third-order valence-electron chi connectivity index (χ3n) is 6.50. The summed E-state index contributed by atoms with van der Waals surface area (Å²) in [5.41, 5.74) is -0.744. The highest BCUT2D eigenvalue weighted by Gasteiger charge is 2.46. The lowest BCUT2D eigenvalue weighted by Gasteiger charge is -2.46. The Kier molecular flexibility index (Phi) is 9.43. The molecule has 29 heavy (non-hydrogen) atoms. The second-order valence-electron chi connectivity index (χ2n) is 11.3. The maximum Gasteiger partial charge on any atom is 0.248 e. The highest BCUT2D eigenvalue weighted by Crippen LogP contribution is 2.42. The summed E-state index contributed by atoms with van der Waals surface area (Å²) in [7, 11) is -1.12. The largest absolute Gasteiger partial charge is 0.411 e. The van der Waals surface area contributed by atoms with E-state index in [0.717, 1.165) is 0 Å². The van der Waals surface area contributed by atoms with Crippen molar-refractivity contribution < 1.29 is 18.5 Å². The van der Waals surface area contributed by atoms with Crippen molar-refractivity contribution in [1.82, 2.24) is 5.06 Å². The van der Waals surface area contributed by atoms with E-state index >= 15 is 0 Å². The minimum Gasteiger partial charge on any atom is -0.411 e. The fraction of sp³-hybridized carbons (Fsp3) is 0.864. The Morgan fingerprint density at radius 2 is 1.45 bits per heavy atom. The Balaban J connectivity index is 5.86. The number of carbonyl (C=O) groups is 1. The monoisotopic (exact) mass is 443 g/mol. The van der Waals surface area contributed by atoms with Gasteiger partial charge in [0.05, 0.1) is 19.1 Å². The zero-order valence-corrected chi connectivity index (χ0v) is 23.1. The first kappa shape index (κ1) is 28.3. The van der Waals surface area contributed by atoms with Crippen molar-refractivity contribution in [2.75, 3.05) is 14.2 Å². The molecular formula is C22H45NO4Si2. The fourth-order valence-corrected chi connectivity index (χ4v) is 5.42. The highest BCUT2D eigenvalue weighted by molar-refractivity contribution is 6.74. The molecule has 0 rings (SSSR count). The molecule has 0 spiro atoms. The molecule has 7 heteroatoms. The Morgan fingerprint density at radius 1 is 1.00 bits per heavy atom. The van der Waals surface area contributed by atoms with Gasteiger partial charge in [-0.3, -0.25) is 9.63 Å². The zero-order valence-electron chi connectivity index (χ0n) is 21.1. The van der Waals surface area contributed by atoms with Crippen molar-refractivity contribution in [1.29, 1.82) is 0 Å². The van der Waals surface area contributed by atoms with Crippen LogP contribution in [0.1, 0.15) is 61.3 Å². The van der Waals surface area contributed by atoms with Gasteiger partial charge in [-0.2, -0.15) is 0 Å². The third-order valence-corrected chi connectivity index (χ3v) is 15.6. The van der Waals surface area contributed by atoms with Gasteiger partial charge in [0, 0.05) is 13.5 Å². The third kappa shape index (κ3) is 8.18. The molecule has 0 saturated carbocycles. The molecule has 0 aliphatic heterocycles. The first-order valence-electron chi connectivity index (χ1n) is 10.4. The van der Waals surface area contributed by atoms with Crippen molar-refractivity contribution in [3.8, 4) is 12.3 Å². The molecule has 2 atom stereocenters. The highest BCUT2D eigenvalue weighted by atomic mass is 28.4. The quantitative estimate of drug-likeness (QED) is 0.265. The minimum absolute atomic E-state index is 0.0103. The average molecular weight is 444 g/mol. The summed E-state index contributed by atoms with van der Waals surface area (Å²) >= 11 is 0. The average Bonchev–Trinajstić information content (AvgIpc) is 2.49. The molecule has 0 radical (unpaired) electrons. The first-order valence-corrected chi connectivity index (χ1v) is 16.2. The van der Waals surface area contributed by atoms with E-state index in [4.69, 9.17) is 20.1 Å². The number of hydroxylamine groups is 2. The smallest absolute Gasteiger partial charge is 0.248 e. The van der Waals surface area contributed by atoms with Crippen molar-refractivity contribution in [3.05, 3.63) is 0 Å². The predicted octanol–water partition coefficient (Wildman–Crippen LogP) is 5.59. The van der Waals surface area contributed by atoms with Gasteiger partial charge in [0.25, 0.3) is 0 Å². The Bertz CT molecular complexity index is 599. The van der Waals surface area contributed by atoms with Gasteiger partial charge < -0.3 is 8.85 Å². The molecule has 0 aromatic carbocycles. The summed E-state index contributed by atoms with van der Waals surface area (Å²) in [4.78, 5) is 17.8. The summed E-state index contributed by atoms with van der Waals surface area (Å²) in [6.07, 6.45) is 6.12. The Labute approximate surface area is 182 Å². The van der Waals surface area contributed by atoms with Crippen LogP contribution in [-0.4, -0.2) is 53.5 Å². The van der Waals surface area contributed by atoms with Gasteiger partial charge in [0.15, 0.2) is 16.6 Å². The summed E-state index contributed by atoms with van der Waals surface area (Å²) < 4.78 is 13.3. The standard InChI is InChI=1S/C22H45NO4Si2/c1-15-18(26-28(11,12)20(2,3)4)16-22(8,17-19(24)23(9)25-10)27-29(13,14)21(5,6)7/h1,18H,16-17H2,2-14H3/t18-,22-/m0/s1. The fourth-order valence-electron chi connectivity index (χ4n) is 2.51. The van der Waals surface area contributed by atoms with Gasteiger partial charge >= 0.3 is 0 Å². The van der Waals surface area contributed by atoms with Crippen molar-refractivity contribution in [3.63, 3.8) is 0 Å². The second-order valence-corrected chi connectivity index (χ2v) is 20.8. The lowest BCUT2D eigenvalue weighted by atomic mass is 9.94. The number of hydrogen-bond acceptors (Lipinski definition) is 4. The summed E-state index contributed by atoms with van der Waals surface area (Å²) in [6, 6.07) is 0. The maximum atomic E-state index is 12.7. The van der Waals surface area contributed by atoms with Crippen LogP contribution >= 0.6 is 0 Å². The van der Waals surface area contributed by atoms with E-state index in [2.05, 4.69) is 73.7 Å². The van der Waals surface area contributed by atoms with E-state index in [1.165, 1.54) is 12.2 Å². The SMILES string of the molecule is C#C[C@@H](C[C@@](C)(CC(=O)N(C)OC)O[Si](C)(C)C(C)(C)C)O[Si](C)(C)C(C)(C)C. The van der Waals surface area contributed by atoms with Gasteiger partial charge in [-0.25, -0.2) is 5.06 Å². The number of amides is 1. The second kappa shape index (κ2) is 9.65. The topological polar surface area (TPSA) is 48.0 Å². The number of rotatable bonds is 9. The number of hydrogen-bond donors (Lipinski definition) is 0. The van der Waals surface area contributed by atoms with Crippen LogP contribution in [-0.2, 0) is 18.5 Å². The Morgan fingerprint density at radius 3 is 1.79 bits per heavy atom. The molecule has 0 aliphatic carbocycles. The van der Waals surface area contributed by atoms with E-state index < -0.39 is 28.3 Å². The molecular weight excluding hydrogens is 398 g/mol. The normalized spacial score (nSPS) is 16.7. The van der Waals surface area contributed by atoms with E-state index in [1.807, 2.05) is 6.92 Å². The van der Waals surface area contributed by atoms with Crippen LogP contribution in [0.15, 0.2) is 0 Å². The van der Waals surface area contributed by atoms with Crippen LogP contribution in [0, 0.1) is 12.3 Å². The first-order chi connectivity index (χ1) is 12.7. The molecule has 0 aliphatic rings. The molecule has 0 aromatic heterocycles. The summed E-state index contributed by atoms with van der Waals surface area (Å²) in [5, 5.41) is 1.30. The van der Waals surface area contributed by atoms with Crippen LogP contribution < -0.4 is 0 Å². The molecule has 0 N–H and O–H groups in total. The molecule has 0 bridgehead atoms. The lowest BCUT2D eigenvalue weighted by molar-refractivity contribution is -0.173. The number of nitrogens with zero attached hydrogens (tertiary/aromatic N) is 1. The molecule has 170 valence electrons. The molecule has 0 fully saturated rings. The molecule has 0 heterocycles. The van der Waals surface area contributed by atoms with Gasteiger partial charge in [0.2, 0.25) is 5.91 Å². The van der Waals surface area contributed by atoms with Crippen LogP contribution in [0.3, 0.4) is 0 Å². The van der Waals surface area contributed by atoms with Crippen LogP contribution in [0.25, 0.3) is 0 Å². The van der Waals surface area contributed by atoms with Gasteiger partial charge in [0.1, 0.15) is 6.10 Å². The van der Waals surface area contributed by atoms with Crippen LogP contribution in [0.5, 0.6) is 0 Å². The molecule has 1 amide bonds. The minimum atomic E-state index is -2.15. The predicted molar refractivity (Wildman–Crippen MR) is 127 cm³/mol. The lowest BCUT2D eigenvalue weighted by Crippen LogP contribution is -2.52. The van der Waals surface area contributed by atoms with E-state index in [1.54, 1.807) is 7.05 Å². The van der Waals surface area contributed by atoms with Crippen molar-refractivity contribution in [2.45, 2.75) is 109 Å². The summed E-state index contributed by atoms with van der Waals surface area (Å²) in [6.45, 7) is 23.9. The Hall–Kier alpha value is -0.656. The van der Waals surface area contributed by atoms with Crippen molar-refractivity contribution >= 4 is 22.5 Å². The van der Waals surface area contributed by atoms with E-state index in [0.29, 0.717) is 6.42 Å². The van der Waals surface area contributed by atoms with E-state index in [9.17, 15) is 4.79 Å².